The molecule has 3 aromatic rings. The number of aromatic hydroxyl groups is 1. The standard InChI is InChI=1S/C21H23N5O3/c27-15-4-2-14(3-5-15)18-10-16(17-11-23-25-19(17)24-18)20(28)26-8-1-6-21(13-26)12-22-7-9-29-21/h2-5,10-11,22,27H,1,6-9,12-13H2,(H,23,24,25). The van der Waals surface area contributed by atoms with E-state index in [4.69, 9.17) is 4.74 Å². The number of fused-ring (bicyclic) bond motifs is 1. The van der Waals surface area contributed by atoms with Crippen LogP contribution in [0, 0.1) is 0 Å². The summed E-state index contributed by atoms with van der Waals surface area (Å²) in [5, 5.41) is 20.6. The van der Waals surface area contributed by atoms with E-state index in [1.165, 1.54) is 0 Å². The Labute approximate surface area is 167 Å². The van der Waals surface area contributed by atoms with Gasteiger partial charge in [-0.2, -0.15) is 5.10 Å². The van der Waals surface area contributed by atoms with Crippen molar-refractivity contribution in [2.45, 2.75) is 18.4 Å². The molecule has 2 aliphatic heterocycles. The first-order chi connectivity index (χ1) is 14.1. The van der Waals surface area contributed by atoms with Crippen molar-refractivity contribution in [1.82, 2.24) is 25.4 Å². The van der Waals surface area contributed by atoms with Crippen LogP contribution in [0.3, 0.4) is 0 Å². The van der Waals surface area contributed by atoms with Gasteiger partial charge in [0.25, 0.3) is 5.91 Å². The number of pyridine rings is 1. The van der Waals surface area contributed by atoms with E-state index >= 15 is 0 Å². The van der Waals surface area contributed by atoms with Crippen LogP contribution in [0.5, 0.6) is 5.75 Å². The van der Waals surface area contributed by atoms with Gasteiger partial charge < -0.3 is 20.1 Å². The van der Waals surface area contributed by atoms with Crippen LogP contribution in [-0.2, 0) is 4.74 Å². The van der Waals surface area contributed by atoms with Crippen LogP contribution in [0.15, 0.2) is 36.5 Å². The number of nitrogens with zero attached hydrogens (tertiary/aromatic N) is 3. The van der Waals surface area contributed by atoms with Crippen molar-refractivity contribution in [2.24, 2.45) is 0 Å². The maximum Gasteiger partial charge on any atom is 0.254 e. The smallest absolute Gasteiger partial charge is 0.254 e. The first kappa shape index (κ1) is 18.1. The van der Waals surface area contributed by atoms with Gasteiger partial charge in [-0.3, -0.25) is 9.89 Å². The fourth-order valence-electron chi connectivity index (χ4n) is 4.30. The predicted molar refractivity (Wildman–Crippen MR) is 108 cm³/mol. The van der Waals surface area contributed by atoms with Gasteiger partial charge in [-0.15, -0.1) is 0 Å². The third kappa shape index (κ3) is 3.34. The lowest BCUT2D eigenvalue weighted by atomic mass is 9.91. The van der Waals surface area contributed by atoms with Crippen LogP contribution in [0.2, 0.25) is 0 Å². The van der Waals surface area contributed by atoms with Gasteiger partial charge in [0.2, 0.25) is 0 Å². The molecular formula is C21H23N5O3. The van der Waals surface area contributed by atoms with Crippen LogP contribution < -0.4 is 5.32 Å². The van der Waals surface area contributed by atoms with Crippen LogP contribution in [-0.4, -0.2) is 69.5 Å². The van der Waals surface area contributed by atoms with Gasteiger partial charge in [-0.1, -0.05) is 0 Å². The van der Waals surface area contributed by atoms with Crippen molar-refractivity contribution in [2.75, 3.05) is 32.8 Å². The summed E-state index contributed by atoms with van der Waals surface area (Å²) in [4.78, 5) is 20.0. The molecular weight excluding hydrogens is 370 g/mol. The Hall–Kier alpha value is -2.97. The van der Waals surface area contributed by atoms with Crippen molar-refractivity contribution in [3.8, 4) is 17.0 Å². The minimum absolute atomic E-state index is 0.0351. The summed E-state index contributed by atoms with van der Waals surface area (Å²) in [6.07, 6.45) is 3.52. The van der Waals surface area contributed by atoms with Crippen LogP contribution in [0.25, 0.3) is 22.3 Å². The first-order valence-electron chi connectivity index (χ1n) is 9.91. The van der Waals surface area contributed by atoms with Crippen molar-refractivity contribution in [3.05, 3.63) is 42.1 Å². The van der Waals surface area contributed by atoms with Crippen molar-refractivity contribution >= 4 is 16.9 Å². The van der Waals surface area contributed by atoms with Crippen molar-refractivity contribution < 1.29 is 14.6 Å². The molecule has 1 spiro atoms. The Kier molecular flexibility index (Phi) is 4.44. The van der Waals surface area contributed by atoms with E-state index in [1.807, 2.05) is 11.0 Å². The molecule has 8 nitrogen and oxygen atoms in total. The Morgan fingerprint density at radius 3 is 2.93 bits per heavy atom. The molecule has 1 aromatic carbocycles. The van der Waals surface area contributed by atoms with E-state index in [9.17, 15) is 9.90 Å². The normalized spacial score (nSPS) is 22.3. The van der Waals surface area contributed by atoms with Crippen LogP contribution in [0.4, 0.5) is 0 Å². The number of carbonyl (C=O) groups excluding carboxylic acids is 1. The molecule has 0 saturated carbocycles. The minimum Gasteiger partial charge on any atom is -0.508 e. The summed E-state index contributed by atoms with van der Waals surface area (Å²) >= 11 is 0. The fourth-order valence-corrected chi connectivity index (χ4v) is 4.30. The topological polar surface area (TPSA) is 103 Å². The molecule has 150 valence electrons. The number of ether oxygens (including phenoxy) is 1. The van der Waals surface area contributed by atoms with Crippen molar-refractivity contribution in [1.29, 1.82) is 0 Å². The first-order valence-corrected chi connectivity index (χ1v) is 9.91. The molecule has 8 heteroatoms. The highest BCUT2D eigenvalue weighted by molar-refractivity contribution is 6.06. The number of amides is 1. The van der Waals surface area contributed by atoms with E-state index in [1.54, 1.807) is 30.5 Å². The van der Waals surface area contributed by atoms with Gasteiger partial charge in [-0.25, -0.2) is 4.98 Å². The number of benzene rings is 1. The lowest BCUT2D eigenvalue weighted by Gasteiger charge is -2.45. The monoisotopic (exact) mass is 393 g/mol. The van der Waals surface area contributed by atoms with E-state index in [2.05, 4.69) is 20.5 Å². The molecule has 2 aromatic heterocycles. The lowest BCUT2D eigenvalue weighted by molar-refractivity contribution is -0.0988. The predicted octanol–water partition coefficient (Wildman–Crippen LogP) is 1.93. The summed E-state index contributed by atoms with van der Waals surface area (Å²) < 4.78 is 6.09. The van der Waals surface area contributed by atoms with E-state index < -0.39 is 0 Å². The molecule has 1 atom stereocenters. The summed E-state index contributed by atoms with van der Waals surface area (Å²) in [7, 11) is 0. The molecule has 5 rings (SSSR count). The highest BCUT2D eigenvalue weighted by Gasteiger charge is 2.40. The average molecular weight is 393 g/mol. The number of piperidine rings is 1. The molecule has 0 bridgehead atoms. The van der Waals surface area contributed by atoms with E-state index in [0.717, 1.165) is 31.5 Å². The second-order valence-electron chi connectivity index (χ2n) is 7.77. The number of hydrogen-bond acceptors (Lipinski definition) is 6. The molecule has 0 radical (unpaired) electrons. The highest BCUT2D eigenvalue weighted by atomic mass is 16.5. The van der Waals surface area contributed by atoms with Gasteiger partial charge in [0, 0.05) is 25.2 Å². The van der Waals surface area contributed by atoms with Gasteiger partial charge in [0.1, 0.15) is 5.75 Å². The molecule has 2 fully saturated rings. The summed E-state index contributed by atoms with van der Waals surface area (Å²) in [5.41, 5.74) is 2.33. The molecule has 2 aliphatic rings. The zero-order valence-electron chi connectivity index (χ0n) is 16.0. The number of H-pyrrole nitrogens is 1. The number of aromatic amines is 1. The highest BCUT2D eigenvalue weighted by Crippen LogP contribution is 2.30. The summed E-state index contributed by atoms with van der Waals surface area (Å²) in [6, 6.07) is 8.60. The quantitative estimate of drug-likeness (QED) is 0.615. The maximum atomic E-state index is 13.5. The largest absolute Gasteiger partial charge is 0.508 e. The number of nitrogens with one attached hydrogen (secondary N) is 2. The summed E-state index contributed by atoms with van der Waals surface area (Å²) in [5.74, 6) is 0.152. The third-order valence-corrected chi connectivity index (χ3v) is 5.78. The third-order valence-electron chi connectivity index (χ3n) is 5.78. The fraction of sp³-hybridized carbons (Fsp3) is 0.381. The molecule has 4 heterocycles. The number of carbonyl (C=O) groups is 1. The van der Waals surface area contributed by atoms with Crippen molar-refractivity contribution in [3.63, 3.8) is 0 Å². The number of phenols is 1. The van der Waals surface area contributed by atoms with Gasteiger partial charge >= 0.3 is 0 Å². The SMILES string of the molecule is O=C(c1cc(-c2ccc(O)cc2)nc2[nH]ncc12)N1CCCC2(CNCCO2)C1. The zero-order chi connectivity index (χ0) is 19.8. The summed E-state index contributed by atoms with van der Waals surface area (Å²) in [6.45, 7) is 3.59. The zero-order valence-corrected chi connectivity index (χ0v) is 16.0. The second kappa shape index (κ2) is 7.13. The van der Waals surface area contributed by atoms with Gasteiger partial charge in [-0.05, 0) is 43.2 Å². The van der Waals surface area contributed by atoms with Crippen LogP contribution >= 0.6 is 0 Å². The maximum absolute atomic E-state index is 13.5. The Bertz CT molecular complexity index is 1030. The molecule has 1 unspecified atom stereocenters. The van der Waals surface area contributed by atoms with E-state index in [-0.39, 0.29) is 17.3 Å². The Balaban J connectivity index is 1.51. The molecule has 29 heavy (non-hydrogen) atoms. The second-order valence-corrected chi connectivity index (χ2v) is 7.77. The lowest BCUT2D eigenvalue weighted by Crippen LogP contribution is -2.59. The van der Waals surface area contributed by atoms with Crippen LogP contribution in [0.1, 0.15) is 23.2 Å². The number of phenolic OH excluding ortho intramolecular Hbond substituents is 1. The van der Waals surface area contributed by atoms with E-state index in [0.29, 0.717) is 42.0 Å². The number of aromatic nitrogens is 3. The van der Waals surface area contributed by atoms with Gasteiger partial charge in [0.05, 0.1) is 41.6 Å². The number of rotatable bonds is 2. The Morgan fingerprint density at radius 2 is 2.14 bits per heavy atom. The minimum atomic E-state index is -0.297. The average Bonchev–Trinajstić information content (AvgIpc) is 3.22. The Morgan fingerprint density at radius 1 is 1.28 bits per heavy atom. The van der Waals surface area contributed by atoms with Gasteiger partial charge in [0.15, 0.2) is 5.65 Å². The molecule has 1 amide bonds. The number of likely N-dealkylation sites (tertiary alicyclic amines) is 1. The number of morpholine rings is 1. The molecule has 2 saturated heterocycles. The molecule has 3 N–H and O–H groups in total. The number of hydrogen-bond donors (Lipinski definition) is 3. The molecule has 0 aliphatic carbocycles.